The third-order valence-electron chi connectivity index (χ3n) is 5.07. The molecular formula is C20H25BrFN3OS. The molecule has 1 amide bonds. The fourth-order valence-electron chi connectivity index (χ4n) is 3.30. The van der Waals surface area contributed by atoms with Crippen molar-refractivity contribution < 1.29 is 9.18 Å². The van der Waals surface area contributed by atoms with Gasteiger partial charge in [-0.25, -0.2) is 4.39 Å². The van der Waals surface area contributed by atoms with Crippen LogP contribution in [-0.2, 0) is 11.3 Å². The average molecular weight is 454 g/mol. The van der Waals surface area contributed by atoms with E-state index in [1.54, 1.807) is 23.5 Å². The number of amides is 1. The van der Waals surface area contributed by atoms with E-state index in [1.807, 2.05) is 13.8 Å². The molecule has 2 heterocycles. The van der Waals surface area contributed by atoms with Crippen molar-refractivity contribution in [2.24, 2.45) is 0 Å². The Bertz CT molecular complexity index is 759. The topological polar surface area (TPSA) is 35.6 Å². The predicted octanol–water partition coefficient (Wildman–Crippen LogP) is 4.03. The van der Waals surface area contributed by atoms with Crippen LogP contribution in [0.15, 0.2) is 40.2 Å². The molecule has 1 saturated heterocycles. The molecule has 1 N–H and O–H groups in total. The molecule has 0 radical (unpaired) electrons. The minimum absolute atomic E-state index is 0.0162. The average Bonchev–Trinajstić information content (AvgIpc) is 3.07. The smallest absolute Gasteiger partial charge is 0.237 e. The highest BCUT2D eigenvalue weighted by molar-refractivity contribution is 9.11. The summed E-state index contributed by atoms with van der Waals surface area (Å²) in [6.07, 6.45) is 0. The summed E-state index contributed by atoms with van der Waals surface area (Å²) < 4.78 is 14.2. The van der Waals surface area contributed by atoms with Crippen LogP contribution in [0.25, 0.3) is 0 Å². The molecule has 146 valence electrons. The molecule has 1 aliphatic rings. The maximum absolute atomic E-state index is 13.1. The lowest BCUT2D eigenvalue weighted by Crippen LogP contribution is -2.53. The maximum Gasteiger partial charge on any atom is 0.237 e. The largest absolute Gasteiger partial charge is 0.348 e. The Kier molecular flexibility index (Phi) is 7.03. The third kappa shape index (κ3) is 5.60. The Balaban J connectivity index is 1.47. The zero-order valence-electron chi connectivity index (χ0n) is 15.6. The number of hydrogen-bond donors (Lipinski definition) is 1. The SMILES string of the molecule is C[C@@H](NC(=O)[C@H](C)N1CCN(Cc2ccc(Br)s2)CC1)c1ccc(F)cc1. The minimum Gasteiger partial charge on any atom is -0.348 e. The molecule has 7 heteroatoms. The van der Waals surface area contributed by atoms with Crippen molar-refractivity contribution in [3.8, 4) is 0 Å². The van der Waals surface area contributed by atoms with E-state index >= 15 is 0 Å². The van der Waals surface area contributed by atoms with Crippen LogP contribution in [0.4, 0.5) is 4.39 Å². The Labute approximate surface area is 172 Å². The van der Waals surface area contributed by atoms with Crippen LogP contribution in [0.5, 0.6) is 0 Å². The van der Waals surface area contributed by atoms with Gasteiger partial charge in [0.25, 0.3) is 0 Å². The summed E-state index contributed by atoms with van der Waals surface area (Å²) in [5, 5.41) is 3.05. The third-order valence-corrected chi connectivity index (χ3v) is 6.68. The number of halogens is 2. The Morgan fingerprint density at radius 1 is 1.15 bits per heavy atom. The van der Waals surface area contributed by atoms with Crippen molar-refractivity contribution in [2.45, 2.75) is 32.5 Å². The number of carbonyl (C=O) groups is 1. The summed E-state index contributed by atoms with van der Waals surface area (Å²) in [7, 11) is 0. The van der Waals surface area contributed by atoms with Crippen molar-refractivity contribution >= 4 is 33.2 Å². The first-order valence-electron chi connectivity index (χ1n) is 9.19. The summed E-state index contributed by atoms with van der Waals surface area (Å²) in [5.74, 6) is -0.249. The Morgan fingerprint density at radius 3 is 2.41 bits per heavy atom. The molecule has 2 atom stereocenters. The van der Waals surface area contributed by atoms with Gasteiger partial charge in [-0.05, 0) is 59.6 Å². The number of rotatable bonds is 6. The van der Waals surface area contributed by atoms with Gasteiger partial charge in [0.15, 0.2) is 0 Å². The predicted molar refractivity (Wildman–Crippen MR) is 111 cm³/mol. The van der Waals surface area contributed by atoms with E-state index in [2.05, 4.69) is 43.2 Å². The molecule has 0 aliphatic carbocycles. The highest BCUT2D eigenvalue weighted by atomic mass is 79.9. The van der Waals surface area contributed by atoms with Crippen LogP contribution in [0, 0.1) is 5.82 Å². The fourth-order valence-corrected chi connectivity index (χ4v) is 4.83. The van der Waals surface area contributed by atoms with Gasteiger partial charge < -0.3 is 5.32 Å². The molecule has 2 aromatic rings. The van der Waals surface area contributed by atoms with E-state index in [0.29, 0.717) is 0 Å². The second-order valence-electron chi connectivity index (χ2n) is 6.98. The molecule has 0 unspecified atom stereocenters. The van der Waals surface area contributed by atoms with E-state index in [-0.39, 0.29) is 23.8 Å². The molecule has 3 rings (SSSR count). The number of benzene rings is 1. The number of piperazine rings is 1. The molecule has 0 bridgehead atoms. The molecule has 1 aromatic carbocycles. The molecule has 4 nitrogen and oxygen atoms in total. The first-order valence-corrected chi connectivity index (χ1v) is 10.8. The van der Waals surface area contributed by atoms with Gasteiger partial charge in [0, 0.05) is 37.6 Å². The van der Waals surface area contributed by atoms with E-state index < -0.39 is 0 Å². The summed E-state index contributed by atoms with van der Waals surface area (Å²) in [4.78, 5) is 18.6. The van der Waals surface area contributed by atoms with Gasteiger partial charge in [-0.2, -0.15) is 0 Å². The van der Waals surface area contributed by atoms with Crippen molar-refractivity contribution in [2.75, 3.05) is 26.2 Å². The molecule has 1 aliphatic heterocycles. The molecular weight excluding hydrogens is 429 g/mol. The molecule has 1 fully saturated rings. The lowest BCUT2D eigenvalue weighted by Gasteiger charge is -2.37. The van der Waals surface area contributed by atoms with Gasteiger partial charge >= 0.3 is 0 Å². The fraction of sp³-hybridized carbons (Fsp3) is 0.450. The lowest BCUT2D eigenvalue weighted by atomic mass is 10.1. The van der Waals surface area contributed by atoms with E-state index in [0.717, 1.165) is 42.1 Å². The van der Waals surface area contributed by atoms with Crippen molar-refractivity contribution in [3.63, 3.8) is 0 Å². The van der Waals surface area contributed by atoms with Crippen LogP contribution in [0.1, 0.15) is 30.3 Å². The Morgan fingerprint density at radius 2 is 1.81 bits per heavy atom. The number of thiophene rings is 1. The molecule has 0 saturated carbocycles. The zero-order valence-corrected chi connectivity index (χ0v) is 18.0. The van der Waals surface area contributed by atoms with Crippen LogP contribution in [-0.4, -0.2) is 47.9 Å². The van der Waals surface area contributed by atoms with Crippen molar-refractivity contribution in [1.82, 2.24) is 15.1 Å². The van der Waals surface area contributed by atoms with Crippen LogP contribution < -0.4 is 5.32 Å². The summed E-state index contributed by atoms with van der Waals surface area (Å²) in [6.45, 7) is 8.53. The monoisotopic (exact) mass is 453 g/mol. The van der Waals surface area contributed by atoms with Crippen molar-refractivity contribution in [1.29, 1.82) is 0 Å². The molecule has 1 aromatic heterocycles. The van der Waals surface area contributed by atoms with Crippen LogP contribution >= 0.6 is 27.3 Å². The molecule has 0 spiro atoms. The first-order chi connectivity index (χ1) is 12.9. The number of carbonyl (C=O) groups excluding carboxylic acids is 1. The highest BCUT2D eigenvalue weighted by Crippen LogP contribution is 2.24. The summed E-state index contributed by atoms with van der Waals surface area (Å²) in [5.41, 5.74) is 0.906. The van der Waals surface area contributed by atoms with Gasteiger partial charge in [-0.15, -0.1) is 11.3 Å². The van der Waals surface area contributed by atoms with E-state index in [1.165, 1.54) is 17.0 Å². The maximum atomic E-state index is 13.1. The molecule has 27 heavy (non-hydrogen) atoms. The quantitative estimate of drug-likeness (QED) is 0.716. The van der Waals surface area contributed by atoms with Gasteiger partial charge in [0.05, 0.1) is 15.9 Å². The second-order valence-corrected chi connectivity index (χ2v) is 9.52. The normalized spacial score (nSPS) is 18.2. The van der Waals surface area contributed by atoms with E-state index in [9.17, 15) is 9.18 Å². The van der Waals surface area contributed by atoms with E-state index in [4.69, 9.17) is 0 Å². The number of nitrogens with zero attached hydrogens (tertiary/aromatic N) is 2. The van der Waals surface area contributed by atoms with Crippen molar-refractivity contribution in [3.05, 3.63) is 56.4 Å². The Hall–Kier alpha value is -1.28. The highest BCUT2D eigenvalue weighted by Gasteiger charge is 2.26. The van der Waals surface area contributed by atoms with Gasteiger partial charge in [0.1, 0.15) is 5.82 Å². The van der Waals surface area contributed by atoms with Crippen LogP contribution in [0.3, 0.4) is 0 Å². The second kappa shape index (κ2) is 9.28. The lowest BCUT2D eigenvalue weighted by molar-refractivity contribution is -0.127. The standard InChI is InChI=1S/C20H25BrFN3OS/c1-14(16-3-5-17(22)6-4-16)23-20(26)15(2)25-11-9-24(10-12-25)13-18-7-8-19(21)27-18/h3-8,14-15H,9-13H2,1-2H3,(H,23,26)/t14-,15+/m1/s1. The van der Waals surface area contributed by atoms with Gasteiger partial charge in [-0.1, -0.05) is 12.1 Å². The van der Waals surface area contributed by atoms with Gasteiger partial charge in [-0.3, -0.25) is 14.6 Å². The number of hydrogen-bond acceptors (Lipinski definition) is 4. The first kappa shape index (κ1) is 20.5. The zero-order chi connectivity index (χ0) is 19.4. The summed E-state index contributed by atoms with van der Waals surface area (Å²) in [6, 6.07) is 10.2. The summed E-state index contributed by atoms with van der Waals surface area (Å²) >= 11 is 5.28. The van der Waals surface area contributed by atoms with Crippen LogP contribution in [0.2, 0.25) is 0 Å². The minimum atomic E-state index is -0.265. The number of nitrogens with one attached hydrogen (secondary N) is 1. The van der Waals surface area contributed by atoms with Gasteiger partial charge in [0.2, 0.25) is 5.91 Å².